The van der Waals surface area contributed by atoms with Crippen LogP contribution in [0.4, 0.5) is 0 Å². The lowest BCUT2D eigenvalue weighted by molar-refractivity contribution is -0.138. The smallest absolute Gasteiger partial charge is 0.248 e. The molecular weight excluding hydrogens is 204 g/mol. The molecule has 2 unspecified atom stereocenters. The zero-order valence-electron chi connectivity index (χ0n) is 10.2. The van der Waals surface area contributed by atoms with Crippen molar-refractivity contribution in [1.82, 2.24) is 10.2 Å². The van der Waals surface area contributed by atoms with Crippen LogP contribution in [0.5, 0.6) is 0 Å². The van der Waals surface area contributed by atoms with Gasteiger partial charge in [0.2, 0.25) is 5.91 Å². The van der Waals surface area contributed by atoms with Gasteiger partial charge in [0, 0.05) is 19.1 Å². The van der Waals surface area contributed by atoms with Crippen LogP contribution in [0.3, 0.4) is 0 Å². The third-order valence-corrected chi connectivity index (χ3v) is 3.60. The first-order valence-electron chi connectivity index (χ1n) is 6.29. The molecule has 2 rings (SSSR count). The molecule has 0 radical (unpaired) electrons. The minimum atomic E-state index is 0.125. The van der Waals surface area contributed by atoms with Crippen molar-refractivity contribution < 1.29 is 9.53 Å². The molecule has 2 aliphatic rings. The summed E-state index contributed by atoms with van der Waals surface area (Å²) in [6.45, 7) is 3.43. The Hall–Kier alpha value is -0.610. The molecule has 4 nitrogen and oxygen atoms in total. The third-order valence-electron chi connectivity index (χ3n) is 3.60. The Balaban J connectivity index is 1.71. The lowest BCUT2D eigenvalue weighted by Crippen LogP contribution is -2.45. The third kappa shape index (κ3) is 2.95. The predicted octanol–water partition coefficient (Wildman–Crippen LogP) is 0.764. The minimum absolute atomic E-state index is 0.125. The van der Waals surface area contributed by atoms with Gasteiger partial charge in [0.25, 0.3) is 0 Å². The van der Waals surface area contributed by atoms with Crippen LogP contribution in [0.15, 0.2) is 0 Å². The van der Waals surface area contributed by atoms with Gasteiger partial charge < -0.3 is 15.0 Å². The fourth-order valence-electron chi connectivity index (χ4n) is 2.19. The SMILES string of the molecule is CC1NCCCC1OCC(=O)N(C)C1CC1. The van der Waals surface area contributed by atoms with Gasteiger partial charge in [0.1, 0.15) is 6.61 Å². The van der Waals surface area contributed by atoms with E-state index < -0.39 is 0 Å². The number of amides is 1. The summed E-state index contributed by atoms with van der Waals surface area (Å²) in [5, 5.41) is 3.37. The summed E-state index contributed by atoms with van der Waals surface area (Å²) in [4.78, 5) is 13.6. The maximum atomic E-state index is 11.8. The summed E-state index contributed by atoms with van der Waals surface area (Å²) < 4.78 is 5.70. The maximum absolute atomic E-state index is 11.8. The van der Waals surface area contributed by atoms with Gasteiger partial charge in [-0.3, -0.25) is 4.79 Å². The second kappa shape index (κ2) is 5.15. The average molecular weight is 226 g/mol. The van der Waals surface area contributed by atoms with Crippen molar-refractivity contribution >= 4 is 5.91 Å². The molecule has 1 amide bonds. The molecular formula is C12H22N2O2. The second-order valence-electron chi connectivity index (χ2n) is 4.97. The average Bonchev–Trinajstić information content (AvgIpc) is 3.10. The number of nitrogens with one attached hydrogen (secondary N) is 1. The highest BCUT2D eigenvalue weighted by Crippen LogP contribution is 2.25. The van der Waals surface area contributed by atoms with Crippen molar-refractivity contribution in [2.75, 3.05) is 20.2 Å². The molecule has 1 saturated heterocycles. The van der Waals surface area contributed by atoms with Crippen LogP contribution < -0.4 is 5.32 Å². The number of hydrogen-bond donors (Lipinski definition) is 1. The molecule has 0 aromatic heterocycles. The predicted molar refractivity (Wildman–Crippen MR) is 62.2 cm³/mol. The van der Waals surface area contributed by atoms with E-state index in [1.54, 1.807) is 0 Å². The number of carbonyl (C=O) groups excluding carboxylic acids is 1. The van der Waals surface area contributed by atoms with Crippen molar-refractivity contribution in [1.29, 1.82) is 0 Å². The fraction of sp³-hybridized carbons (Fsp3) is 0.917. The molecule has 0 aromatic rings. The van der Waals surface area contributed by atoms with E-state index in [2.05, 4.69) is 12.2 Å². The maximum Gasteiger partial charge on any atom is 0.248 e. The summed E-state index contributed by atoms with van der Waals surface area (Å²) in [6, 6.07) is 0.853. The Kier molecular flexibility index (Phi) is 3.82. The molecule has 2 atom stereocenters. The Morgan fingerprint density at radius 3 is 2.81 bits per heavy atom. The van der Waals surface area contributed by atoms with Crippen LogP contribution in [-0.2, 0) is 9.53 Å². The molecule has 0 aromatic carbocycles. The molecule has 16 heavy (non-hydrogen) atoms. The van der Waals surface area contributed by atoms with Crippen molar-refractivity contribution in [2.45, 2.75) is 50.8 Å². The number of rotatable bonds is 4. The van der Waals surface area contributed by atoms with Gasteiger partial charge in [-0.1, -0.05) is 0 Å². The molecule has 1 N–H and O–H groups in total. The van der Waals surface area contributed by atoms with Crippen molar-refractivity contribution in [3.05, 3.63) is 0 Å². The zero-order chi connectivity index (χ0) is 11.5. The van der Waals surface area contributed by atoms with Gasteiger partial charge in [0.15, 0.2) is 0 Å². The van der Waals surface area contributed by atoms with E-state index in [1.165, 1.54) is 0 Å². The Bertz CT molecular complexity index is 253. The van der Waals surface area contributed by atoms with Crippen LogP contribution in [-0.4, -0.2) is 49.2 Å². The topological polar surface area (TPSA) is 41.6 Å². The van der Waals surface area contributed by atoms with Gasteiger partial charge in [0.05, 0.1) is 6.10 Å². The standard InChI is InChI=1S/C12H22N2O2/c1-9-11(4-3-7-13-9)16-8-12(15)14(2)10-5-6-10/h9-11,13H,3-8H2,1-2H3. The summed E-state index contributed by atoms with van der Waals surface area (Å²) in [6.07, 6.45) is 4.72. The summed E-state index contributed by atoms with van der Waals surface area (Å²) in [7, 11) is 1.88. The van der Waals surface area contributed by atoms with E-state index in [9.17, 15) is 4.79 Å². The van der Waals surface area contributed by atoms with Crippen molar-refractivity contribution in [3.8, 4) is 0 Å². The summed E-state index contributed by atoms with van der Waals surface area (Å²) in [5.41, 5.74) is 0. The molecule has 4 heteroatoms. The number of carbonyl (C=O) groups is 1. The molecule has 92 valence electrons. The zero-order valence-corrected chi connectivity index (χ0v) is 10.2. The van der Waals surface area contributed by atoms with Crippen molar-refractivity contribution in [2.24, 2.45) is 0 Å². The Labute approximate surface area is 97.3 Å². The Morgan fingerprint density at radius 1 is 1.44 bits per heavy atom. The van der Waals surface area contributed by atoms with E-state index in [1.807, 2.05) is 11.9 Å². The first-order valence-corrected chi connectivity index (χ1v) is 6.29. The van der Waals surface area contributed by atoms with E-state index in [4.69, 9.17) is 4.74 Å². The van der Waals surface area contributed by atoms with Gasteiger partial charge in [-0.15, -0.1) is 0 Å². The Morgan fingerprint density at radius 2 is 2.19 bits per heavy atom. The first-order chi connectivity index (χ1) is 7.68. The van der Waals surface area contributed by atoms with Gasteiger partial charge in [-0.25, -0.2) is 0 Å². The highest BCUT2D eigenvalue weighted by Gasteiger charge is 2.30. The number of piperidine rings is 1. The monoisotopic (exact) mass is 226 g/mol. The molecule has 0 bridgehead atoms. The van der Waals surface area contributed by atoms with Gasteiger partial charge in [-0.05, 0) is 39.2 Å². The fourth-order valence-corrected chi connectivity index (χ4v) is 2.19. The molecule has 1 aliphatic carbocycles. The van der Waals surface area contributed by atoms with Crippen LogP contribution in [0.2, 0.25) is 0 Å². The number of nitrogens with zero attached hydrogens (tertiary/aromatic N) is 1. The lowest BCUT2D eigenvalue weighted by atomic mass is 10.0. The first kappa shape index (κ1) is 11.9. The number of hydrogen-bond acceptors (Lipinski definition) is 3. The molecule has 2 fully saturated rings. The number of likely N-dealkylation sites (N-methyl/N-ethyl adjacent to an activating group) is 1. The van der Waals surface area contributed by atoms with E-state index in [0.717, 1.165) is 32.2 Å². The quantitative estimate of drug-likeness (QED) is 0.769. The molecule has 0 spiro atoms. The molecule has 1 heterocycles. The molecule has 1 aliphatic heterocycles. The highest BCUT2D eigenvalue weighted by molar-refractivity contribution is 5.77. The van der Waals surface area contributed by atoms with Crippen LogP contribution in [0, 0.1) is 0 Å². The van der Waals surface area contributed by atoms with Crippen LogP contribution in [0.1, 0.15) is 32.6 Å². The summed E-state index contributed by atoms with van der Waals surface area (Å²) >= 11 is 0. The number of ether oxygens (including phenoxy) is 1. The van der Waals surface area contributed by atoms with Gasteiger partial charge >= 0.3 is 0 Å². The van der Waals surface area contributed by atoms with E-state index >= 15 is 0 Å². The largest absolute Gasteiger partial charge is 0.367 e. The normalized spacial score (nSPS) is 30.1. The van der Waals surface area contributed by atoms with Crippen LogP contribution in [0.25, 0.3) is 0 Å². The minimum Gasteiger partial charge on any atom is -0.367 e. The van der Waals surface area contributed by atoms with E-state index in [-0.39, 0.29) is 18.6 Å². The summed E-state index contributed by atoms with van der Waals surface area (Å²) in [5.74, 6) is 0.125. The lowest BCUT2D eigenvalue weighted by Gasteiger charge is -2.30. The van der Waals surface area contributed by atoms with Gasteiger partial charge in [-0.2, -0.15) is 0 Å². The van der Waals surface area contributed by atoms with Crippen LogP contribution >= 0.6 is 0 Å². The van der Waals surface area contributed by atoms with E-state index in [0.29, 0.717) is 12.1 Å². The second-order valence-corrected chi connectivity index (χ2v) is 4.97. The highest BCUT2D eigenvalue weighted by atomic mass is 16.5. The molecule has 1 saturated carbocycles. The van der Waals surface area contributed by atoms with Crippen molar-refractivity contribution in [3.63, 3.8) is 0 Å².